The molecule has 0 radical (unpaired) electrons. The average molecular weight is 342 g/mol. The van der Waals surface area contributed by atoms with Gasteiger partial charge in [-0.2, -0.15) is 0 Å². The SMILES string of the molecule is CCNc1ncnc(NC(CC)c2nccs2)c1Br. The van der Waals surface area contributed by atoms with Gasteiger partial charge in [0.2, 0.25) is 0 Å². The first-order valence-electron chi connectivity index (χ1n) is 6.16. The lowest BCUT2D eigenvalue weighted by atomic mass is 10.2. The Labute approximate surface area is 125 Å². The molecule has 0 aromatic carbocycles. The van der Waals surface area contributed by atoms with E-state index in [1.165, 1.54) is 0 Å². The lowest BCUT2D eigenvalue weighted by molar-refractivity contribution is 0.736. The molecule has 2 aromatic heterocycles. The van der Waals surface area contributed by atoms with Gasteiger partial charge in [-0.15, -0.1) is 11.3 Å². The summed E-state index contributed by atoms with van der Waals surface area (Å²) in [6.45, 7) is 4.98. The molecule has 0 amide bonds. The molecule has 0 aliphatic heterocycles. The van der Waals surface area contributed by atoms with Crippen LogP contribution in [0.5, 0.6) is 0 Å². The fraction of sp³-hybridized carbons (Fsp3) is 0.417. The van der Waals surface area contributed by atoms with Gasteiger partial charge in [0.05, 0.1) is 6.04 Å². The fourth-order valence-corrected chi connectivity index (χ4v) is 2.90. The summed E-state index contributed by atoms with van der Waals surface area (Å²) in [5, 5.41) is 9.65. The molecule has 1 atom stereocenters. The van der Waals surface area contributed by atoms with Gasteiger partial charge in [0.25, 0.3) is 0 Å². The molecule has 0 spiro atoms. The third kappa shape index (κ3) is 3.42. The van der Waals surface area contributed by atoms with Gasteiger partial charge in [0.15, 0.2) is 0 Å². The van der Waals surface area contributed by atoms with E-state index in [9.17, 15) is 0 Å². The zero-order chi connectivity index (χ0) is 13.7. The second-order valence-corrected chi connectivity index (χ2v) is 5.61. The van der Waals surface area contributed by atoms with E-state index >= 15 is 0 Å². The second kappa shape index (κ2) is 6.81. The van der Waals surface area contributed by atoms with Crippen LogP contribution >= 0.6 is 27.3 Å². The molecule has 0 bridgehead atoms. The molecule has 0 fully saturated rings. The molecule has 2 aromatic rings. The number of halogens is 1. The number of rotatable bonds is 6. The van der Waals surface area contributed by atoms with E-state index in [1.54, 1.807) is 17.7 Å². The highest BCUT2D eigenvalue weighted by molar-refractivity contribution is 9.10. The Morgan fingerprint density at radius 3 is 2.68 bits per heavy atom. The first kappa shape index (κ1) is 14.2. The summed E-state index contributed by atoms with van der Waals surface area (Å²) >= 11 is 5.18. The average Bonchev–Trinajstić information content (AvgIpc) is 2.94. The third-order valence-electron chi connectivity index (χ3n) is 2.60. The predicted molar refractivity (Wildman–Crippen MR) is 82.7 cm³/mol. The fourth-order valence-electron chi connectivity index (χ4n) is 1.67. The Hall–Kier alpha value is -1.21. The summed E-state index contributed by atoms with van der Waals surface area (Å²) in [5.74, 6) is 1.59. The summed E-state index contributed by atoms with van der Waals surface area (Å²) in [6.07, 6.45) is 4.32. The van der Waals surface area contributed by atoms with E-state index in [0.717, 1.165) is 34.1 Å². The summed E-state index contributed by atoms with van der Waals surface area (Å²) < 4.78 is 0.854. The monoisotopic (exact) mass is 341 g/mol. The van der Waals surface area contributed by atoms with Gasteiger partial charge in [-0.05, 0) is 29.3 Å². The molecule has 102 valence electrons. The quantitative estimate of drug-likeness (QED) is 0.838. The van der Waals surface area contributed by atoms with E-state index in [1.807, 2.05) is 18.5 Å². The minimum atomic E-state index is 0.167. The van der Waals surface area contributed by atoms with Crippen molar-refractivity contribution in [3.05, 3.63) is 27.4 Å². The molecule has 7 heteroatoms. The maximum atomic E-state index is 4.35. The number of nitrogens with zero attached hydrogens (tertiary/aromatic N) is 3. The van der Waals surface area contributed by atoms with E-state index in [2.05, 4.69) is 48.4 Å². The normalized spacial score (nSPS) is 12.2. The molecule has 0 saturated carbocycles. The second-order valence-electron chi connectivity index (χ2n) is 3.89. The summed E-state index contributed by atoms with van der Waals surface area (Å²) in [5.41, 5.74) is 0. The maximum Gasteiger partial charge on any atom is 0.146 e. The van der Waals surface area contributed by atoms with E-state index in [0.29, 0.717) is 0 Å². The predicted octanol–water partition coefficient (Wildman–Crippen LogP) is 3.69. The van der Waals surface area contributed by atoms with Gasteiger partial charge in [-0.1, -0.05) is 6.92 Å². The van der Waals surface area contributed by atoms with Crippen LogP contribution in [0.1, 0.15) is 31.3 Å². The van der Waals surface area contributed by atoms with Gasteiger partial charge in [-0.25, -0.2) is 15.0 Å². The highest BCUT2D eigenvalue weighted by Crippen LogP contribution is 2.30. The van der Waals surface area contributed by atoms with Crippen LogP contribution in [0.25, 0.3) is 0 Å². The molecule has 2 heterocycles. The number of nitrogens with one attached hydrogen (secondary N) is 2. The molecule has 5 nitrogen and oxygen atoms in total. The van der Waals surface area contributed by atoms with Crippen molar-refractivity contribution >= 4 is 38.9 Å². The van der Waals surface area contributed by atoms with Crippen LogP contribution in [0.4, 0.5) is 11.6 Å². The van der Waals surface area contributed by atoms with Crippen LogP contribution in [0.3, 0.4) is 0 Å². The highest BCUT2D eigenvalue weighted by atomic mass is 79.9. The Morgan fingerprint density at radius 1 is 1.26 bits per heavy atom. The molecule has 0 saturated heterocycles. The molecule has 2 N–H and O–H groups in total. The summed E-state index contributed by atoms with van der Waals surface area (Å²) in [6, 6.07) is 0.167. The number of anilines is 2. The number of aromatic nitrogens is 3. The Balaban J connectivity index is 2.20. The number of thiazole rings is 1. The van der Waals surface area contributed by atoms with Gasteiger partial charge in [0, 0.05) is 18.1 Å². The van der Waals surface area contributed by atoms with Crippen molar-refractivity contribution < 1.29 is 0 Å². The van der Waals surface area contributed by atoms with Crippen molar-refractivity contribution in [3.8, 4) is 0 Å². The van der Waals surface area contributed by atoms with Gasteiger partial charge in [0.1, 0.15) is 27.4 Å². The van der Waals surface area contributed by atoms with Crippen molar-refractivity contribution in [1.29, 1.82) is 0 Å². The van der Waals surface area contributed by atoms with Gasteiger partial charge >= 0.3 is 0 Å². The lowest BCUT2D eigenvalue weighted by Crippen LogP contribution is -2.12. The van der Waals surface area contributed by atoms with Crippen LogP contribution in [0, 0.1) is 0 Å². The molecular formula is C12H16BrN5S. The Kier molecular flexibility index (Phi) is 5.09. The van der Waals surface area contributed by atoms with E-state index in [-0.39, 0.29) is 6.04 Å². The van der Waals surface area contributed by atoms with Crippen LogP contribution in [-0.4, -0.2) is 21.5 Å². The van der Waals surface area contributed by atoms with Crippen LogP contribution in [0.2, 0.25) is 0 Å². The molecular weight excluding hydrogens is 326 g/mol. The summed E-state index contributed by atoms with van der Waals surface area (Å²) in [4.78, 5) is 12.8. The zero-order valence-corrected chi connectivity index (χ0v) is 13.3. The van der Waals surface area contributed by atoms with Crippen molar-refractivity contribution in [1.82, 2.24) is 15.0 Å². The number of hydrogen-bond acceptors (Lipinski definition) is 6. The maximum absolute atomic E-state index is 4.35. The van der Waals surface area contributed by atoms with Crippen LogP contribution in [0.15, 0.2) is 22.4 Å². The van der Waals surface area contributed by atoms with Crippen LogP contribution < -0.4 is 10.6 Å². The first-order valence-corrected chi connectivity index (χ1v) is 7.83. The number of hydrogen-bond donors (Lipinski definition) is 2. The van der Waals surface area contributed by atoms with Crippen LogP contribution in [-0.2, 0) is 0 Å². The van der Waals surface area contributed by atoms with Crippen molar-refractivity contribution in [2.75, 3.05) is 17.2 Å². The first-order chi connectivity index (χ1) is 9.26. The van der Waals surface area contributed by atoms with Crippen molar-refractivity contribution in [2.45, 2.75) is 26.3 Å². The molecule has 1 unspecified atom stereocenters. The molecule has 0 aliphatic rings. The lowest BCUT2D eigenvalue weighted by Gasteiger charge is -2.17. The zero-order valence-electron chi connectivity index (χ0n) is 10.9. The minimum Gasteiger partial charge on any atom is -0.369 e. The van der Waals surface area contributed by atoms with E-state index in [4.69, 9.17) is 0 Å². The Morgan fingerprint density at radius 2 is 2.05 bits per heavy atom. The smallest absolute Gasteiger partial charge is 0.146 e. The largest absolute Gasteiger partial charge is 0.369 e. The summed E-state index contributed by atoms with van der Waals surface area (Å²) in [7, 11) is 0. The van der Waals surface area contributed by atoms with Gasteiger partial charge < -0.3 is 10.6 Å². The van der Waals surface area contributed by atoms with Gasteiger partial charge in [-0.3, -0.25) is 0 Å². The third-order valence-corrected chi connectivity index (χ3v) is 4.24. The molecule has 19 heavy (non-hydrogen) atoms. The minimum absolute atomic E-state index is 0.167. The Bertz CT molecular complexity index is 517. The highest BCUT2D eigenvalue weighted by Gasteiger charge is 2.15. The molecule has 2 rings (SSSR count). The topological polar surface area (TPSA) is 62.7 Å². The standard InChI is InChI=1S/C12H16BrN5S/c1-3-8(12-15-5-6-19-12)18-11-9(13)10(14-4-2)16-7-17-11/h5-8H,3-4H2,1-2H3,(H2,14,16,17,18). The van der Waals surface area contributed by atoms with Crippen molar-refractivity contribution in [3.63, 3.8) is 0 Å². The van der Waals surface area contributed by atoms with E-state index < -0.39 is 0 Å². The molecule has 0 aliphatic carbocycles. The van der Waals surface area contributed by atoms with Crippen molar-refractivity contribution in [2.24, 2.45) is 0 Å².